The normalized spacial score (nSPS) is 11.4. The zero-order chi connectivity index (χ0) is 42.7. The van der Waals surface area contributed by atoms with Crippen LogP contribution in [0, 0.1) is 35.8 Å². The Hall–Kier alpha value is -8.89. The number of para-hydroxylation sites is 2. The minimum Gasteiger partial charge on any atom is -0.308 e. The van der Waals surface area contributed by atoms with Gasteiger partial charge in [-0.25, -0.2) is 9.69 Å². The third-order valence-corrected chi connectivity index (χ3v) is 11.5. The van der Waals surface area contributed by atoms with Crippen molar-refractivity contribution >= 4 is 55.0 Å². The number of hydrogen-bond acceptors (Lipinski definition) is 2. The first-order valence-corrected chi connectivity index (χ1v) is 19.4. The smallest absolute Gasteiger partial charge is 0.308 e. The van der Waals surface area contributed by atoms with Gasteiger partial charge in [0.25, 0.3) is 0 Å². The molecule has 0 fully saturated rings. The lowest BCUT2D eigenvalue weighted by molar-refractivity contribution is -0.137. The summed E-state index contributed by atoms with van der Waals surface area (Å²) in [5, 5.41) is 24.4. The highest BCUT2D eigenvalue weighted by molar-refractivity contribution is 6.12. The van der Waals surface area contributed by atoms with Crippen LogP contribution in [0.4, 0.5) is 24.5 Å². The summed E-state index contributed by atoms with van der Waals surface area (Å²) in [7, 11) is 0. The predicted molar refractivity (Wildman–Crippen MR) is 238 cm³/mol. The molecule has 6 nitrogen and oxygen atoms in total. The van der Waals surface area contributed by atoms with Crippen LogP contribution in [0.3, 0.4) is 0 Å². The van der Waals surface area contributed by atoms with Crippen molar-refractivity contribution in [2.45, 2.75) is 6.18 Å². The Morgan fingerprint density at radius 3 is 1.45 bits per heavy atom. The van der Waals surface area contributed by atoms with Gasteiger partial charge in [0.1, 0.15) is 11.6 Å². The molecule has 0 saturated carbocycles. The van der Waals surface area contributed by atoms with Crippen LogP contribution in [0.5, 0.6) is 0 Å². The average Bonchev–Trinajstić information content (AvgIpc) is 3.82. The van der Waals surface area contributed by atoms with Gasteiger partial charge in [-0.15, -0.1) is 0 Å². The summed E-state index contributed by atoms with van der Waals surface area (Å²) in [5.41, 5.74) is 6.77. The van der Waals surface area contributed by atoms with Crippen molar-refractivity contribution in [2.75, 3.05) is 0 Å². The van der Waals surface area contributed by atoms with E-state index in [-0.39, 0.29) is 22.4 Å². The Bertz CT molecular complexity index is 3460. The van der Waals surface area contributed by atoms with E-state index in [0.29, 0.717) is 33.7 Å². The molecule has 0 aliphatic heterocycles. The molecule has 0 bridgehead atoms. The number of halogens is 3. The van der Waals surface area contributed by atoms with E-state index in [4.69, 9.17) is 13.1 Å². The van der Waals surface area contributed by atoms with E-state index >= 15 is 13.2 Å². The number of alkyl halides is 3. The molecular weight excluding hydrogens is 778 g/mol. The van der Waals surface area contributed by atoms with Crippen molar-refractivity contribution in [1.29, 1.82) is 10.5 Å². The largest absolute Gasteiger partial charge is 0.415 e. The van der Waals surface area contributed by atoms with Crippen molar-refractivity contribution < 1.29 is 13.2 Å². The predicted octanol–water partition coefficient (Wildman–Crippen LogP) is 14.7. The highest BCUT2D eigenvalue weighted by Gasteiger charge is 2.35. The lowest BCUT2D eigenvalue weighted by Crippen LogP contribution is -2.09. The number of hydrogen-bond donors (Lipinski definition) is 0. The molecule has 62 heavy (non-hydrogen) atoms. The summed E-state index contributed by atoms with van der Waals surface area (Å²) >= 11 is 0. The topological polar surface area (TPSA) is 66.2 Å². The van der Waals surface area contributed by atoms with Gasteiger partial charge in [0, 0.05) is 21.5 Å². The van der Waals surface area contributed by atoms with Crippen LogP contribution in [-0.2, 0) is 6.18 Å². The number of aromatic nitrogens is 2. The Morgan fingerprint density at radius 1 is 0.468 bits per heavy atom. The van der Waals surface area contributed by atoms with Crippen LogP contribution in [-0.4, -0.2) is 9.13 Å². The molecule has 10 rings (SSSR count). The molecule has 0 spiro atoms. The van der Waals surface area contributed by atoms with Crippen molar-refractivity contribution in [3.63, 3.8) is 0 Å². The Balaban J connectivity index is 1.36. The van der Waals surface area contributed by atoms with Crippen LogP contribution >= 0.6 is 0 Å². The maximum Gasteiger partial charge on any atom is 0.415 e. The molecule has 0 amide bonds. The molecular formula is C53H27F3N6. The van der Waals surface area contributed by atoms with Gasteiger partial charge in [-0.05, 0) is 81.9 Å². The SMILES string of the molecule is [C-]#[N+]c1ccc(-c2ccc3c4ccccc4n(-c4cc(-c5c([N+]#[C-])cccc5C(F)(F)F)cc(-n5c6ccccc6c6ccc(-c7ccc(C#N)cc7)cc65)c4C#N)c3c2)cc1. The monoisotopic (exact) mass is 804 g/mol. The standard InChI is InChI=1S/C53H27F3N6/c1-59-38-22-18-34(19-23-38)36-21-25-42-40-9-4-6-13-47(40)62(49(42)27-36)51-29-37(52-44(53(54,55)56)10-7-11-45(52)60-2)28-50(43(51)31-58)61-46-12-5-3-8-39(46)41-24-20-35(26-48(41)61)33-16-14-32(30-57)15-17-33/h3-29H. The summed E-state index contributed by atoms with van der Waals surface area (Å²) in [4.78, 5) is 7.13. The molecule has 0 N–H and O–H groups in total. The van der Waals surface area contributed by atoms with E-state index in [0.717, 1.165) is 60.9 Å². The zero-order valence-corrected chi connectivity index (χ0v) is 32.4. The van der Waals surface area contributed by atoms with Gasteiger partial charge in [0.05, 0.1) is 63.8 Å². The quantitative estimate of drug-likeness (QED) is 0.163. The number of rotatable bonds is 5. The van der Waals surface area contributed by atoms with Crippen LogP contribution in [0.25, 0.3) is 98.1 Å². The maximum atomic E-state index is 15.1. The summed E-state index contributed by atoms with van der Waals surface area (Å²) in [6, 6.07) is 53.2. The van der Waals surface area contributed by atoms with Gasteiger partial charge in [0.15, 0.2) is 11.4 Å². The molecule has 0 aliphatic carbocycles. The van der Waals surface area contributed by atoms with E-state index < -0.39 is 11.7 Å². The van der Waals surface area contributed by atoms with Crippen molar-refractivity contribution in [3.05, 3.63) is 203 Å². The van der Waals surface area contributed by atoms with Gasteiger partial charge in [-0.1, -0.05) is 115 Å². The van der Waals surface area contributed by atoms with Crippen molar-refractivity contribution in [3.8, 4) is 56.9 Å². The van der Waals surface area contributed by atoms with Crippen LogP contribution in [0.15, 0.2) is 164 Å². The Kier molecular flexibility index (Phi) is 8.70. The fraction of sp³-hybridized carbons (Fsp3) is 0.0189. The highest BCUT2D eigenvalue weighted by Crippen LogP contribution is 2.46. The number of fused-ring (bicyclic) bond motifs is 6. The first-order chi connectivity index (χ1) is 30.2. The minimum atomic E-state index is -4.81. The average molecular weight is 805 g/mol. The Labute approximate surface area is 353 Å². The first kappa shape index (κ1) is 37.4. The molecule has 2 heterocycles. The van der Waals surface area contributed by atoms with E-state index in [1.807, 2.05) is 118 Å². The van der Waals surface area contributed by atoms with Gasteiger partial charge >= 0.3 is 6.18 Å². The van der Waals surface area contributed by atoms with Crippen molar-refractivity contribution in [1.82, 2.24) is 9.13 Å². The number of nitrogens with zero attached hydrogens (tertiary/aromatic N) is 6. The second-order valence-corrected chi connectivity index (χ2v) is 14.8. The first-order valence-electron chi connectivity index (χ1n) is 19.4. The van der Waals surface area contributed by atoms with Crippen LogP contribution < -0.4 is 0 Å². The molecule has 0 unspecified atom stereocenters. The fourth-order valence-electron chi connectivity index (χ4n) is 8.68. The summed E-state index contributed by atoms with van der Waals surface area (Å²) in [6.07, 6.45) is -4.81. The zero-order valence-electron chi connectivity index (χ0n) is 32.4. The summed E-state index contributed by atoms with van der Waals surface area (Å²) < 4.78 is 49.1. The van der Waals surface area contributed by atoms with Crippen molar-refractivity contribution in [2.24, 2.45) is 0 Å². The molecule has 0 saturated heterocycles. The molecule has 8 aromatic carbocycles. The second-order valence-electron chi connectivity index (χ2n) is 14.8. The molecule has 0 radical (unpaired) electrons. The van der Waals surface area contributed by atoms with Gasteiger partial charge in [0.2, 0.25) is 0 Å². The van der Waals surface area contributed by atoms with E-state index in [1.165, 1.54) is 12.1 Å². The molecule has 0 aliphatic rings. The fourth-order valence-corrected chi connectivity index (χ4v) is 8.68. The molecule has 0 atom stereocenters. The molecule has 10 aromatic rings. The van der Waals surface area contributed by atoms with E-state index in [2.05, 4.69) is 21.8 Å². The number of nitriles is 2. The van der Waals surface area contributed by atoms with Gasteiger partial charge in [-0.2, -0.15) is 23.7 Å². The van der Waals surface area contributed by atoms with Crippen LogP contribution in [0.1, 0.15) is 16.7 Å². The third-order valence-electron chi connectivity index (χ3n) is 11.5. The van der Waals surface area contributed by atoms with Gasteiger partial charge in [-0.3, -0.25) is 0 Å². The van der Waals surface area contributed by atoms with Gasteiger partial charge < -0.3 is 9.13 Å². The van der Waals surface area contributed by atoms with E-state index in [1.54, 1.807) is 36.4 Å². The lowest BCUT2D eigenvalue weighted by Gasteiger charge is -2.21. The third kappa shape index (κ3) is 5.93. The Morgan fingerprint density at radius 2 is 0.968 bits per heavy atom. The van der Waals surface area contributed by atoms with E-state index in [9.17, 15) is 10.5 Å². The molecule has 2 aromatic heterocycles. The van der Waals surface area contributed by atoms with Crippen LogP contribution in [0.2, 0.25) is 0 Å². The summed E-state index contributed by atoms with van der Waals surface area (Å²) in [5.74, 6) is 0. The highest BCUT2D eigenvalue weighted by atomic mass is 19.4. The lowest BCUT2D eigenvalue weighted by atomic mass is 9.94. The number of benzene rings is 8. The second kappa shape index (κ2) is 14.4. The maximum absolute atomic E-state index is 15.1. The minimum absolute atomic E-state index is 0.110. The molecule has 9 heteroatoms. The molecule has 290 valence electrons. The summed E-state index contributed by atoms with van der Waals surface area (Å²) in [6.45, 7) is 15.5.